The van der Waals surface area contributed by atoms with Crippen LogP contribution in [0.15, 0.2) is 35.1 Å². The van der Waals surface area contributed by atoms with E-state index in [4.69, 9.17) is 9.84 Å². The lowest BCUT2D eigenvalue weighted by molar-refractivity contribution is 0.0696. The number of hydrogen-bond acceptors (Lipinski definition) is 4. The van der Waals surface area contributed by atoms with Crippen molar-refractivity contribution in [3.63, 3.8) is 0 Å². The number of halogens is 2. The van der Waals surface area contributed by atoms with Crippen LogP contribution in [0.25, 0.3) is 0 Å². The molecule has 0 aliphatic heterocycles. The molecule has 0 fully saturated rings. The van der Waals surface area contributed by atoms with E-state index in [1.807, 2.05) is 0 Å². The molecule has 2 rings (SSSR count). The van der Waals surface area contributed by atoms with Crippen LogP contribution in [0.4, 0.5) is 4.39 Å². The van der Waals surface area contributed by atoms with Gasteiger partial charge in [-0.05, 0) is 18.2 Å². The van der Waals surface area contributed by atoms with Crippen LogP contribution in [0.3, 0.4) is 0 Å². The third-order valence-electron chi connectivity index (χ3n) is 1.97. The topological polar surface area (TPSA) is 72.3 Å². The number of aromatic carboxylic acids is 1. The summed E-state index contributed by atoms with van der Waals surface area (Å²) in [6, 6.07) is 4.13. The Morgan fingerprint density at radius 3 is 2.56 bits per heavy atom. The predicted molar refractivity (Wildman–Crippen MR) is 63.2 cm³/mol. The van der Waals surface area contributed by atoms with Gasteiger partial charge in [-0.15, -0.1) is 0 Å². The van der Waals surface area contributed by atoms with Crippen LogP contribution < -0.4 is 4.74 Å². The van der Waals surface area contributed by atoms with Crippen molar-refractivity contribution in [2.75, 3.05) is 0 Å². The molecule has 0 saturated heterocycles. The van der Waals surface area contributed by atoms with E-state index in [0.717, 1.165) is 12.4 Å². The van der Waals surface area contributed by atoms with E-state index in [9.17, 15) is 9.18 Å². The number of rotatable bonds is 3. The van der Waals surface area contributed by atoms with Crippen LogP contribution in [0, 0.1) is 5.82 Å². The predicted octanol–water partition coefficient (Wildman–Crippen LogP) is 2.87. The highest BCUT2D eigenvalue weighted by molar-refractivity contribution is 9.10. The van der Waals surface area contributed by atoms with Gasteiger partial charge in [-0.25, -0.2) is 19.2 Å². The number of benzene rings is 1. The number of aromatic nitrogens is 2. The van der Waals surface area contributed by atoms with Crippen molar-refractivity contribution in [3.8, 4) is 11.8 Å². The van der Waals surface area contributed by atoms with Crippen molar-refractivity contribution in [1.82, 2.24) is 9.97 Å². The van der Waals surface area contributed by atoms with Crippen LogP contribution in [-0.2, 0) is 0 Å². The van der Waals surface area contributed by atoms with Crippen molar-refractivity contribution in [3.05, 3.63) is 46.4 Å². The second-order valence-corrected chi connectivity index (χ2v) is 4.15. The van der Waals surface area contributed by atoms with Gasteiger partial charge in [0.15, 0.2) is 11.6 Å². The zero-order valence-corrected chi connectivity index (χ0v) is 10.4. The van der Waals surface area contributed by atoms with Crippen LogP contribution in [0.5, 0.6) is 11.8 Å². The molecular weight excluding hydrogens is 307 g/mol. The molecule has 0 atom stereocenters. The Hall–Kier alpha value is -2.02. The van der Waals surface area contributed by atoms with Crippen LogP contribution in [0.2, 0.25) is 0 Å². The second kappa shape index (κ2) is 5.09. The van der Waals surface area contributed by atoms with E-state index < -0.39 is 11.8 Å². The summed E-state index contributed by atoms with van der Waals surface area (Å²) in [7, 11) is 0. The van der Waals surface area contributed by atoms with Gasteiger partial charge in [0.05, 0.1) is 5.56 Å². The van der Waals surface area contributed by atoms with E-state index in [0.29, 0.717) is 4.47 Å². The standard InChI is InChI=1S/C11H6BrFN2O3/c12-7-1-2-9(8(13)3-7)18-11-14-4-6(5-15-11)10(16)17/h1-5H,(H,16,17). The minimum Gasteiger partial charge on any atom is -0.478 e. The molecule has 0 radical (unpaired) electrons. The summed E-state index contributed by atoms with van der Waals surface area (Å²) in [6.45, 7) is 0. The Kier molecular flexibility index (Phi) is 3.52. The Balaban J connectivity index is 2.21. The molecule has 0 saturated carbocycles. The van der Waals surface area contributed by atoms with Crippen molar-refractivity contribution in [2.45, 2.75) is 0 Å². The molecule has 1 aromatic heterocycles. The second-order valence-electron chi connectivity index (χ2n) is 3.24. The lowest BCUT2D eigenvalue weighted by Crippen LogP contribution is -2.00. The number of ether oxygens (including phenoxy) is 1. The van der Waals surface area contributed by atoms with Gasteiger partial charge in [0.25, 0.3) is 0 Å². The first-order valence-corrected chi connectivity index (χ1v) is 5.54. The van der Waals surface area contributed by atoms with Crippen molar-refractivity contribution < 1.29 is 19.0 Å². The SMILES string of the molecule is O=C(O)c1cnc(Oc2ccc(Br)cc2F)nc1. The zero-order valence-electron chi connectivity index (χ0n) is 8.80. The largest absolute Gasteiger partial charge is 0.478 e. The number of carbonyl (C=O) groups is 1. The number of nitrogens with zero attached hydrogens (tertiary/aromatic N) is 2. The number of carboxylic acid groups (broad SMARTS) is 1. The molecule has 1 N–H and O–H groups in total. The highest BCUT2D eigenvalue weighted by Gasteiger charge is 2.09. The van der Waals surface area contributed by atoms with E-state index in [1.165, 1.54) is 12.1 Å². The van der Waals surface area contributed by atoms with Gasteiger partial charge in [-0.1, -0.05) is 15.9 Å². The van der Waals surface area contributed by atoms with Crippen molar-refractivity contribution in [1.29, 1.82) is 0 Å². The monoisotopic (exact) mass is 312 g/mol. The average Bonchev–Trinajstić information content (AvgIpc) is 2.33. The summed E-state index contributed by atoms with van der Waals surface area (Å²) in [4.78, 5) is 17.9. The summed E-state index contributed by atoms with van der Waals surface area (Å²) in [6.07, 6.45) is 2.17. The number of carboxylic acids is 1. The van der Waals surface area contributed by atoms with Crippen LogP contribution in [-0.4, -0.2) is 21.0 Å². The molecule has 0 bridgehead atoms. The Morgan fingerprint density at radius 1 is 1.33 bits per heavy atom. The van der Waals surface area contributed by atoms with Gasteiger partial charge in [-0.3, -0.25) is 0 Å². The maximum Gasteiger partial charge on any atom is 0.338 e. The van der Waals surface area contributed by atoms with Gasteiger partial charge in [0.2, 0.25) is 0 Å². The van der Waals surface area contributed by atoms with Crippen molar-refractivity contribution >= 4 is 21.9 Å². The smallest absolute Gasteiger partial charge is 0.338 e. The van der Waals surface area contributed by atoms with Gasteiger partial charge >= 0.3 is 12.0 Å². The Bertz CT molecular complexity index is 589. The molecule has 1 heterocycles. The maximum absolute atomic E-state index is 13.4. The summed E-state index contributed by atoms with van der Waals surface area (Å²) >= 11 is 3.12. The molecule has 1 aromatic carbocycles. The van der Waals surface area contributed by atoms with E-state index in [-0.39, 0.29) is 17.3 Å². The third kappa shape index (κ3) is 2.80. The fraction of sp³-hybridized carbons (Fsp3) is 0. The highest BCUT2D eigenvalue weighted by atomic mass is 79.9. The summed E-state index contributed by atoms with van der Waals surface area (Å²) in [5, 5.41) is 8.65. The fourth-order valence-corrected chi connectivity index (χ4v) is 1.47. The molecule has 92 valence electrons. The summed E-state index contributed by atoms with van der Waals surface area (Å²) < 4.78 is 19.1. The molecule has 5 nitrogen and oxygen atoms in total. The molecule has 2 aromatic rings. The van der Waals surface area contributed by atoms with Gasteiger partial charge in [0, 0.05) is 16.9 Å². The number of hydrogen-bond donors (Lipinski definition) is 1. The Labute approximate surface area is 109 Å². The van der Waals surface area contributed by atoms with Crippen molar-refractivity contribution in [2.24, 2.45) is 0 Å². The average molecular weight is 313 g/mol. The molecule has 0 unspecified atom stereocenters. The quantitative estimate of drug-likeness (QED) is 0.943. The normalized spacial score (nSPS) is 10.1. The minimum absolute atomic E-state index is 0.0405. The van der Waals surface area contributed by atoms with Gasteiger partial charge < -0.3 is 9.84 Å². The molecule has 0 amide bonds. The minimum atomic E-state index is -1.14. The molecule has 18 heavy (non-hydrogen) atoms. The molecule has 0 aliphatic carbocycles. The first-order valence-electron chi connectivity index (χ1n) is 4.74. The zero-order chi connectivity index (χ0) is 13.1. The maximum atomic E-state index is 13.4. The third-order valence-corrected chi connectivity index (χ3v) is 2.46. The Morgan fingerprint density at radius 2 is 2.00 bits per heavy atom. The van der Waals surface area contributed by atoms with Crippen LogP contribution >= 0.6 is 15.9 Å². The van der Waals surface area contributed by atoms with E-state index >= 15 is 0 Å². The van der Waals surface area contributed by atoms with E-state index in [2.05, 4.69) is 25.9 Å². The first-order chi connectivity index (χ1) is 8.56. The molecule has 0 spiro atoms. The summed E-state index contributed by atoms with van der Waals surface area (Å²) in [5.74, 6) is -1.76. The fourth-order valence-electron chi connectivity index (χ4n) is 1.14. The van der Waals surface area contributed by atoms with Gasteiger partial charge in [-0.2, -0.15) is 0 Å². The van der Waals surface area contributed by atoms with Crippen LogP contribution in [0.1, 0.15) is 10.4 Å². The lowest BCUT2D eigenvalue weighted by atomic mass is 10.3. The lowest BCUT2D eigenvalue weighted by Gasteiger charge is -2.04. The summed E-state index contributed by atoms with van der Waals surface area (Å²) in [5.41, 5.74) is -0.0707. The first kappa shape index (κ1) is 12.4. The molecular formula is C11H6BrFN2O3. The van der Waals surface area contributed by atoms with Gasteiger partial charge in [0.1, 0.15) is 0 Å². The highest BCUT2D eigenvalue weighted by Crippen LogP contribution is 2.24. The molecule has 0 aliphatic rings. The molecule has 7 heteroatoms. The van der Waals surface area contributed by atoms with E-state index in [1.54, 1.807) is 6.07 Å².